The second kappa shape index (κ2) is 9.60. The van der Waals surface area contributed by atoms with Crippen molar-refractivity contribution >= 4 is 23.2 Å². The van der Waals surface area contributed by atoms with Crippen molar-refractivity contribution < 1.29 is 9.47 Å². The van der Waals surface area contributed by atoms with E-state index in [9.17, 15) is 0 Å². The third-order valence-electron chi connectivity index (χ3n) is 3.94. The van der Waals surface area contributed by atoms with Gasteiger partial charge in [-0.25, -0.2) is 0 Å². The molecule has 27 heavy (non-hydrogen) atoms. The minimum Gasteiger partial charge on any atom is -0.493 e. The summed E-state index contributed by atoms with van der Waals surface area (Å²) in [7, 11) is 1.60. The van der Waals surface area contributed by atoms with E-state index in [2.05, 4.69) is 10.3 Å². The highest BCUT2D eigenvalue weighted by atomic mass is 35.5. The standard InChI is InChI=1S/C21H20Cl2N2O2/c1-26-20-10-17(13-25-12-16-5-3-7-24-11-16)9-19(23)21(20)27-14-15-4-2-6-18(22)8-15/h2-11,25H,12-14H2,1H3. The molecule has 1 aromatic heterocycles. The van der Waals surface area contributed by atoms with Crippen LogP contribution < -0.4 is 14.8 Å². The predicted molar refractivity (Wildman–Crippen MR) is 109 cm³/mol. The number of nitrogens with one attached hydrogen (secondary N) is 1. The zero-order valence-electron chi connectivity index (χ0n) is 14.9. The maximum absolute atomic E-state index is 6.44. The first-order chi connectivity index (χ1) is 13.2. The number of nitrogens with zero attached hydrogens (tertiary/aromatic N) is 1. The minimum absolute atomic E-state index is 0.356. The third-order valence-corrected chi connectivity index (χ3v) is 4.46. The minimum atomic E-state index is 0.356. The highest BCUT2D eigenvalue weighted by Crippen LogP contribution is 2.37. The largest absolute Gasteiger partial charge is 0.493 e. The molecule has 0 radical (unpaired) electrons. The Morgan fingerprint density at radius 2 is 1.78 bits per heavy atom. The Hall–Kier alpha value is -2.27. The molecule has 0 saturated carbocycles. The van der Waals surface area contributed by atoms with Crippen molar-refractivity contribution in [1.29, 1.82) is 0 Å². The Morgan fingerprint density at radius 3 is 2.52 bits per heavy atom. The van der Waals surface area contributed by atoms with E-state index in [1.165, 1.54) is 0 Å². The van der Waals surface area contributed by atoms with Gasteiger partial charge in [-0.05, 0) is 47.0 Å². The van der Waals surface area contributed by atoms with Crippen LogP contribution in [-0.2, 0) is 19.7 Å². The van der Waals surface area contributed by atoms with Crippen LogP contribution in [0.2, 0.25) is 10.0 Å². The molecule has 1 N–H and O–H groups in total. The predicted octanol–water partition coefficient (Wildman–Crippen LogP) is 5.27. The SMILES string of the molecule is COc1cc(CNCc2cccnc2)cc(Cl)c1OCc1cccc(Cl)c1. The lowest BCUT2D eigenvalue weighted by atomic mass is 10.2. The lowest BCUT2D eigenvalue weighted by Gasteiger charge is -2.15. The highest BCUT2D eigenvalue weighted by molar-refractivity contribution is 6.32. The van der Waals surface area contributed by atoms with Gasteiger partial charge in [-0.15, -0.1) is 0 Å². The molecule has 0 aliphatic heterocycles. The summed E-state index contributed by atoms with van der Waals surface area (Å²) in [4.78, 5) is 4.11. The smallest absolute Gasteiger partial charge is 0.180 e. The van der Waals surface area contributed by atoms with Gasteiger partial charge in [0.05, 0.1) is 12.1 Å². The summed E-state index contributed by atoms with van der Waals surface area (Å²) >= 11 is 12.5. The van der Waals surface area contributed by atoms with Gasteiger partial charge in [-0.1, -0.05) is 41.4 Å². The van der Waals surface area contributed by atoms with Gasteiger partial charge in [0, 0.05) is 30.5 Å². The van der Waals surface area contributed by atoms with Crippen molar-refractivity contribution in [2.24, 2.45) is 0 Å². The summed E-state index contributed by atoms with van der Waals surface area (Å²) in [5, 5.41) is 4.55. The van der Waals surface area contributed by atoms with Crippen molar-refractivity contribution in [3.05, 3.63) is 87.7 Å². The van der Waals surface area contributed by atoms with Crippen LogP contribution in [0.5, 0.6) is 11.5 Å². The van der Waals surface area contributed by atoms with Gasteiger partial charge < -0.3 is 14.8 Å². The Labute approximate surface area is 169 Å². The summed E-state index contributed by atoms with van der Waals surface area (Å²) in [5.74, 6) is 1.12. The fraction of sp³-hybridized carbons (Fsp3) is 0.190. The molecule has 6 heteroatoms. The van der Waals surface area contributed by atoms with Crippen molar-refractivity contribution in [3.8, 4) is 11.5 Å². The fourth-order valence-electron chi connectivity index (χ4n) is 2.65. The van der Waals surface area contributed by atoms with Crippen LogP contribution in [0, 0.1) is 0 Å². The zero-order valence-corrected chi connectivity index (χ0v) is 16.4. The van der Waals surface area contributed by atoms with Crippen molar-refractivity contribution in [3.63, 3.8) is 0 Å². The lowest BCUT2D eigenvalue weighted by molar-refractivity contribution is 0.284. The number of hydrogen-bond donors (Lipinski definition) is 1. The van der Waals surface area contributed by atoms with Crippen LogP contribution in [-0.4, -0.2) is 12.1 Å². The molecule has 0 atom stereocenters. The van der Waals surface area contributed by atoms with Crippen LogP contribution in [0.25, 0.3) is 0 Å². The van der Waals surface area contributed by atoms with Gasteiger partial charge in [0.25, 0.3) is 0 Å². The van der Waals surface area contributed by atoms with E-state index in [-0.39, 0.29) is 0 Å². The molecule has 140 valence electrons. The van der Waals surface area contributed by atoms with Gasteiger partial charge in [-0.3, -0.25) is 4.98 Å². The van der Waals surface area contributed by atoms with Crippen molar-refractivity contribution in [2.45, 2.75) is 19.7 Å². The molecule has 0 saturated heterocycles. The number of aromatic nitrogens is 1. The van der Waals surface area contributed by atoms with E-state index in [4.69, 9.17) is 32.7 Å². The topological polar surface area (TPSA) is 43.4 Å². The average Bonchev–Trinajstić information content (AvgIpc) is 2.67. The van der Waals surface area contributed by atoms with Crippen LogP contribution in [0.3, 0.4) is 0 Å². The Morgan fingerprint density at radius 1 is 0.963 bits per heavy atom. The number of halogens is 2. The molecule has 0 aliphatic rings. The van der Waals surface area contributed by atoms with Gasteiger partial charge in [0.2, 0.25) is 0 Å². The van der Waals surface area contributed by atoms with E-state index in [1.54, 1.807) is 13.3 Å². The molecule has 3 aromatic rings. The van der Waals surface area contributed by atoms with E-state index in [0.29, 0.717) is 34.7 Å². The van der Waals surface area contributed by atoms with E-state index in [0.717, 1.165) is 23.2 Å². The number of benzene rings is 2. The number of rotatable bonds is 8. The van der Waals surface area contributed by atoms with Crippen LogP contribution in [0.1, 0.15) is 16.7 Å². The van der Waals surface area contributed by atoms with Crippen molar-refractivity contribution in [2.75, 3.05) is 7.11 Å². The number of hydrogen-bond acceptors (Lipinski definition) is 4. The lowest BCUT2D eigenvalue weighted by Crippen LogP contribution is -2.13. The number of methoxy groups -OCH3 is 1. The first kappa shape index (κ1) is 19.5. The molecular weight excluding hydrogens is 383 g/mol. The first-order valence-corrected chi connectivity index (χ1v) is 9.24. The Kier molecular flexibility index (Phi) is 6.93. The summed E-state index contributed by atoms with van der Waals surface area (Å²) in [6.07, 6.45) is 3.60. The summed E-state index contributed by atoms with van der Waals surface area (Å²) in [6.45, 7) is 1.73. The number of pyridine rings is 1. The molecule has 4 nitrogen and oxygen atoms in total. The Balaban J connectivity index is 1.65. The van der Waals surface area contributed by atoms with Gasteiger partial charge >= 0.3 is 0 Å². The molecular formula is C21H20Cl2N2O2. The Bertz CT molecular complexity index is 889. The van der Waals surface area contributed by atoms with E-state index in [1.807, 2.05) is 54.7 Å². The normalized spacial score (nSPS) is 10.6. The van der Waals surface area contributed by atoms with Gasteiger partial charge in [0.15, 0.2) is 11.5 Å². The molecule has 0 spiro atoms. The molecule has 3 rings (SSSR count). The van der Waals surface area contributed by atoms with Crippen LogP contribution >= 0.6 is 23.2 Å². The van der Waals surface area contributed by atoms with E-state index < -0.39 is 0 Å². The van der Waals surface area contributed by atoms with E-state index >= 15 is 0 Å². The van der Waals surface area contributed by atoms with Gasteiger partial charge in [-0.2, -0.15) is 0 Å². The highest BCUT2D eigenvalue weighted by Gasteiger charge is 2.12. The second-order valence-corrected chi connectivity index (χ2v) is 6.84. The van der Waals surface area contributed by atoms with Crippen LogP contribution in [0.15, 0.2) is 60.9 Å². The molecule has 0 fully saturated rings. The molecule has 1 heterocycles. The maximum atomic E-state index is 6.44. The summed E-state index contributed by atoms with van der Waals surface area (Å²) in [5.41, 5.74) is 3.09. The van der Waals surface area contributed by atoms with Crippen LogP contribution in [0.4, 0.5) is 0 Å². The molecule has 0 amide bonds. The fourth-order valence-corrected chi connectivity index (χ4v) is 3.15. The maximum Gasteiger partial charge on any atom is 0.180 e. The molecule has 0 bridgehead atoms. The quantitative estimate of drug-likeness (QED) is 0.557. The summed E-state index contributed by atoms with van der Waals surface area (Å²) in [6, 6.07) is 15.3. The first-order valence-electron chi connectivity index (χ1n) is 8.49. The average molecular weight is 403 g/mol. The molecule has 0 unspecified atom stereocenters. The number of ether oxygens (including phenoxy) is 2. The third kappa shape index (κ3) is 5.60. The summed E-state index contributed by atoms with van der Waals surface area (Å²) < 4.78 is 11.4. The molecule has 2 aromatic carbocycles. The second-order valence-electron chi connectivity index (χ2n) is 5.99. The monoisotopic (exact) mass is 402 g/mol. The van der Waals surface area contributed by atoms with Crippen molar-refractivity contribution in [1.82, 2.24) is 10.3 Å². The molecule has 0 aliphatic carbocycles. The van der Waals surface area contributed by atoms with Gasteiger partial charge in [0.1, 0.15) is 6.61 Å². The zero-order chi connectivity index (χ0) is 19.1.